The van der Waals surface area contributed by atoms with Crippen LogP contribution >= 0.6 is 15.9 Å². The fourth-order valence-electron chi connectivity index (χ4n) is 1.50. The van der Waals surface area contributed by atoms with Crippen molar-refractivity contribution in [3.8, 4) is 0 Å². The largest absolute Gasteiger partial charge is 0.314 e. The van der Waals surface area contributed by atoms with Gasteiger partial charge in [0.1, 0.15) is 0 Å². The first-order valence-electron chi connectivity index (χ1n) is 4.42. The van der Waals surface area contributed by atoms with Crippen molar-refractivity contribution in [2.75, 3.05) is 19.6 Å². The quantitative estimate of drug-likeness (QED) is 0.773. The van der Waals surface area contributed by atoms with Crippen molar-refractivity contribution < 1.29 is 0 Å². The van der Waals surface area contributed by atoms with Gasteiger partial charge in [0.05, 0.1) is 11.7 Å². The molecule has 13 heavy (non-hydrogen) atoms. The maximum atomic E-state index is 4.35. The second-order valence-corrected chi connectivity index (χ2v) is 3.94. The fourth-order valence-corrected chi connectivity index (χ4v) is 2.03. The third-order valence-electron chi connectivity index (χ3n) is 2.16. The van der Waals surface area contributed by atoms with Crippen molar-refractivity contribution in [3.63, 3.8) is 0 Å². The Hall–Kier alpha value is -0.450. The van der Waals surface area contributed by atoms with Crippen LogP contribution in [0.4, 0.5) is 0 Å². The summed E-state index contributed by atoms with van der Waals surface area (Å²) < 4.78 is 1.08. The number of rotatable bonds is 1. The van der Waals surface area contributed by atoms with E-state index in [0.717, 1.165) is 29.8 Å². The van der Waals surface area contributed by atoms with Crippen molar-refractivity contribution in [1.82, 2.24) is 15.6 Å². The van der Waals surface area contributed by atoms with E-state index in [4.69, 9.17) is 0 Å². The van der Waals surface area contributed by atoms with Crippen molar-refractivity contribution in [1.29, 1.82) is 0 Å². The molecule has 2 N–H and O–H groups in total. The molecule has 3 nitrogen and oxygen atoms in total. The number of piperazine rings is 1. The van der Waals surface area contributed by atoms with E-state index in [2.05, 4.69) is 31.5 Å². The van der Waals surface area contributed by atoms with Crippen molar-refractivity contribution in [2.45, 2.75) is 6.04 Å². The topological polar surface area (TPSA) is 37.0 Å². The lowest BCUT2D eigenvalue weighted by Crippen LogP contribution is -2.43. The Morgan fingerprint density at radius 2 is 2.38 bits per heavy atom. The fraction of sp³-hybridized carbons (Fsp3) is 0.444. The highest BCUT2D eigenvalue weighted by Crippen LogP contribution is 2.20. The molecule has 1 fully saturated rings. The summed E-state index contributed by atoms with van der Waals surface area (Å²) >= 11 is 3.50. The number of hydrogen-bond donors (Lipinski definition) is 2. The maximum absolute atomic E-state index is 4.35. The molecule has 1 atom stereocenters. The second kappa shape index (κ2) is 4.17. The highest BCUT2D eigenvalue weighted by atomic mass is 79.9. The highest BCUT2D eigenvalue weighted by Gasteiger charge is 2.17. The predicted molar refractivity (Wildman–Crippen MR) is 55.6 cm³/mol. The first-order chi connectivity index (χ1) is 6.38. The Labute approximate surface area is 86.1 Å². The molecule has 1 aliphatic heterocycles. The summed E-state index contributed by atoms with van der Waals surface area (Å²) in [4.78, 5) is 4.35. The molecule has 0 bridgehead atoms. The molecule has 4 heteroatoms. The summed E-state index contributed by atoms with van der Waals surface area (Å²) in [6.45, 7) is 3.00. The van der Waals surface area contributed by atoms with Crippen molar-refractivity contribution in [2.24, 2.45) is 0 Å². The molecule has 1 aromatic heterocycles. The predicted octanol–water partition coefficient (Wildman–Crippen LogP) is 1.08. The van der Waals surface area contributed by atoms with Crippen LogP contribution in [0.5, 0.6) is 0 Å². The second-order valence-electron chi connectivity index (χ2n) is 3.08. The van der Waals surface area contributed by atoms with Crippen molar-refractivity contribution >= 4 is 15.9 Å². The number of hydrogen-bond acceptors (Lipinski definition) is 3. The van der Waals surface area contributed by atoms with Crippen LogP contribution in [0.25, 0.3) is 0 Å². The van der Waals surface area contributed by atoms with Gasteiger partial charge in [-0.3, -0.25) is 4.98 Å². The third-order valence-corrected chi connectivity index (χ3v) is 2.83. The van der Waals surface area contributed by atoms with Crippen LogP contribution < -0.4 is 10.6 Å². The van der Waals surface area contributed by atoms with Gasteiger partial charge in [0.15, 0.2) is 0 Å². The normalized spacial score (nSPS) is 23.0. The number of nitrogens with zero attached hydrogens (tertiary/aromatic N) is 1. The molecule has 1 aliphatic rings. The number of aromatic nitrogens is 1. The molecule has 0 saturated carbocycles. The van der Waals surface area contributed by atoms with Gasteiger partial charge in [0, 0.05) is 30.3 Å². The number of halogens is 1. The van der Waals surface area contributed by atoms with Gasteiger partial charge in [-0.2, -0.15) is 0 Å². The Morgan fingerprint density at radius 1 is 1.46 bits per heavy atom. The average molecular weight is 242 g/mol. The van der Waals surface area contributed by atoms with Gasteiger partial charge >= 0.3 is 0 Å². The first kappa shape index (κ1) is 9.12. The minimum absolute atomic E-state index is 0.337. The monoisotopic (exact) mass is 241 g/mol. The molecule has 2 heterocycles. The van der Waals surface area contributed by atoms with Gasteiger partial charge in [-0.1, -0.05) is 0 Å². The van der Waals surface area contributed by atoms with Gasteiger partial charge in [-0.15, -0.1) is 0 Å². The van der Waals surface area contributed by atoms with Crippen LogP contribution in [-0.2, 0) is 0 Å². The zero-order chi connectivity index (χ0) is 9.10. The molecule has 1 aromatic rings. The molecule has 0 spiro atoms. The van der Waals surface area contributed by atoms with Gasteiger partial charge < -0.3 is 10.6 Å². The van der Waals surface area contributed by atoms with Gasteiger partial charge in [-0.25, -0.2) is 0 Å². The lowest BCUT2D eigenvalue weighted by atomic mass is 10.1. The lowest BCUT2D eigenvalue weighted by Gasteiger charge is -2.24. The Morgan fingerprint density at radius 3 is 3.08 bits per heavy atom. The van der Waals surface area contributed by atoms with Gasteiger partial charge in [0.25, 0.3) is 0 Å². The summed E-state index contributed by atoms with van der Waals surface area (Å²) in [6, 6.07) is 4.30. The summed E-state index contributed by atoms with van der Waals surface area (Å²) in [5.74, 6) is 0. The Balaban J connectivity index is 2.18. The van der Waals surface area contributed by atoms with Crippen LogP contribution in [0.1, 0.15) is 11.7 Å². The third kappa shape index (κ3) is 2.07. The van der Waals surface area contributed by atoms with E-state index in [0.29, 0.717) is 6.04 Å². The molecular formula is C9H12BrN3. The van der Waals surface area contributed by atoms with E-state index in [1.54, 1.807) is 0 Å². The molecule has 2 rings (SSSR count). The smallest absolute Gasteiger partial charge is 0.0727 e. The first-order valence-corrected chi connectivity index (χ1v) is 5.22. The summed E-state index contributed by atoms with van der Waals surface area (Å²) in [5.41, 5.74) is 1.09. The molecule has 0 radical (unpaired) electrons. The van der Waals surface area contributed by atoms with Crippen LogP contribution in [-0.4, -0.2) is 24.6 Å². The van der Waals surface area contributed by atoms with E-state index in [-0.39, 0.29) is 0 Å². The maximum Gasteiger partial charge on any atom is 0.0727 e. The Kier molecular flexibility index (Phi) is 2.93. The summed E-state index contributed by atoms with van der Waals surface area (Å²) in [5, 5.41) is 6.76. The zero-order valence-electron chi connectivity index (χ0n) is 7.26. The molecular weight excluding hydrogens is 230 g/mol. The van der Waals surface area contributed by atoms with E-state index < -0.39 is 0 Å². The van der Waals surface area contributed by atoms with Crippen LogP contribution in [0, 0.1) is 0 Å². The van der Waals surface area contributed by atoms with E-state index >= 15 is 0 Å². The molecule has 0 aromatic carbocycles. The van der Waals surface area contributed by atoms with Crippen LogP contribution in [0.2, 0.25) is 0 Å². The summed E-state index contributed by atoms with van der Waals surface area (Å²) in [6.07, 6.45) is 1.83. The Bertz CT molecular complexity index is 284. The van der Waals surface area contributed by atoms with Gasteiger partial charge in [-0.05, 0) is 28.1 Å². The summed E-state index contributed by atoms with van der Waals surface area (Å²) in [7, 11) is 0. The average Bonchev–Trinajstić information content (AvgIpc) is 2.20. The number of pyridine rings is 1. The van der Waals surface area contributed by atoms with Gasteiger partial charge in [0.2, 0.25) is 0 Å². The highest BCUT2D eigenvalue weighted by molar-refractivity contribution is 9.10. The molecule has 0 aliphatic carbocycles. The number of nitrogens with one attached hydrogen (secondary N) is 2. The van der Waals surface area contributed by atoms with E-state index in [9.17, 15) is 0 Å². The molecule has 70 valence electrons. The van der Waals surface area contributed by atoms with Crippen LogP contribution in [0.15, 0.2) is 22.8 Å². The lowest BCUT2D eigenvalue weighted by molar-refractivity contribution is 0.422. The standard InChI is InChI=1S/C9H12BrN3/c10-7-2-1-3-13-9(7)8-6-11-4-5-12-8/h1-3,8,11-12H,4-6H2/t8-/m1/s1. The molecule has 0 unspecified atom stereocenters. The molecule has 1 saturated heterocycles. The van der Waals surface area contributed by atoms with E-state index in [1.165, 1.54) is 0 Å². The zero-order valence-corrected chi connectivity index (χ0v) is 8.84. The van der Waals surface area contributed by atoms with Crippen molar-refractivity contribution in [3.05, 3.63) is 28.5 Å². The minimum atomic E-state index is 0.337. The van der Waals surface area contributed by atoms with E-state index in [1.807, 2.05) is 18.3 Å². The van der Waals surface area contributed by atoms with Crippen LogP contribution in [0.3, 0.4) is 0 Å². The SMILES string of the molecule is Brc1cccnc1[C@H]1CNCCN1. The minimum Gasteiger partial charge on any atom is -0.314 e. The molecule has 0 amide bonds.